The highest BCUT2D eigenvalue weighted by Gasteiger charge is 2.10. The van der Waals surface area contributed by atoms with E-state index < -0.39 is 0 Å². The Kier molecular flexibility index (Phi) is 3.34. The van der Waals surface area contributed by atoms with Crippen molar-refractivity contribution in [2.45, 2.75) is 13.1 Å². The predicted octanol–water partition coefficient (Wildman–Crippen LogP) is 1.85. The van der Waals surface area contributed by atoms with Gasteiger partial charge in [-0.05, 0) is 18.5 Å². The summed E-state index contributed by atoms with van der Waals surface area (Å²) in [7, 11) is 1.90. The van der Waals surface area contributed by atoms with E-state index in [1.54, 1.807) is 16.0 Å². The highest BCUT2D eigenvalue weighted by atomic mass is 32.1. The van der Waals surface area contributed by atoms with E-state index in [4.69, 9.17) is 5.26 Å². The Morgan fingerprint density at radius 1 is 1.62 bits per heavy atom. The average Bonchev–Trinajstić information content (AvgIpc) is 2.87. The van der Waals surface area contributed by atoms with Gasteiger partial charge in [-0.15, -0.1) is 11.3 Å². The van der Waals surface area contributed by atoms with Crippen LogP contribution >= 0.6 is 11.3 Å². The van der Waals surface area contributed by atoms with Crippen LogP contribution in [-0.4, -0.2) is 16.8 Å². The fourth-order valence-electron chi connectivity index (χ4n) is 1.56. The van der Waals surface area contributed by atoms with Gasteiger partial charge in [-0.3, -0.25) is 4.68 Å². The number of hydrogen-bond acceptors (Lipinski definition) is 4. The van der Waals surface area contributed by atoms with Crippen LogP contribution in [0, 0.1) is 11.3 Å². The number of thiophene rings is 1. The van der Waals surface area contributed by atoms with Crippen molar-refractivity contribution in [3.63, 3.8) is 0 Å². The third kappa shape index (κ3) is 2.13. The topological polar surface area (TPSA) is 53.6 Å². The van der Waals surface area contributed by atoms with Gasteiger partial charge in [0.15, 0.2) is 0 Å². The number of nitrogens with one attached hydrogen (secondary N) is 1. The molecule has 2 rings (SSSR count). The molecule has 0 atom stereocenters. The van der Waals surface area contributed by atoms with E-state index in [9.17, 15) is 0 Å². The lowest BCUT2D eigenvalue weighted by Gasteiger charge is -1.97. The number of rotatable bonds is 4. The summed E-state index contributed by atoms with van der Waals surface area (Å²) in [5.41, 5.74) is 2.10. The van der Waals surface area contributed by atoms with E-state index >= 15 is 0 Å². The van der Waals surface area contributed by atoms with Gasteiger partial charge in [-0.25, -0.2) is 0 Å². The SMILES string of the molecule is CNCc1cn(CC#N)nc1-c1cccs1. The summed E-state index contributed by atoms with van der Waals surface area (Å²) in [4.78, 5) is 1.14. The molecule has 0 fully saturated rings. The highest BCUT2D eigenvalue weighted by Crippen LogP contribution is 2.26. The maximum absolute atomic E-state index is 8.66. The second-order valence-electron chi connectivity index (χ2n) is 3.37. The lowest BCUT2D eigenvalue weighted by Crippen LogP contribution is -2.04. The third-order valence-corrected chi connectivity index (χ3v) is 3.07. The molecule has 0 radical (unpaired) electrons. The van der Waals surface area contributed by atoms with Crippen LogP contribution < -0.4 is 5.32 Å². The number of hydrogen-bond donors (Lipinski definition) is 1. The van der Waals surface area contributed by atoms with Crippen LogP contribution in [0.1, 0.15) is 5.56 Å². The molecule has 0 aliphatic carbocycles. The fourth-order valence-corrected chi connectivity index (χ4v) is 2.30. The monoisotopic (exact) mass is 232 g/mol. The van der Waals surface area contributed by atoms with Gasteiger partial charge in [0, 0.05) is 18.3 Å². The lowest BCUT2D eigenvalue weighted by atomic mass is 10.2. The Balaban J connectivity index is 2.38. The van der Waals surface area contributed by atoms with E-state index in [-0.39, 0.29) is 0 Å². The first-order chi connectivity index (χ1) is 7.85. The van der Waals surface area contributed by atoms with Crippen molar-refractivity contribution in [1.82, 2.24) is 15.1 Å². The lowest BCUT2D eigenvalue weighted by molar-refractivity contribution is 0.710. The minimum Gasteiger partial charge on any atom is -0.316 e. The van der Waals surface area contributed by atoms with Crippen molar-refractivity contribution in [2.75, 3.05) is 7.05 Å². The molecule has 82 valence electrons. The molecule has 0 aromatic carbocycles. The Morgan fingerprint density at radius 3 is 3.12 bits per heavy atom. The molecule has 0 amide bonds. The number of nitriles is 1. The molecule has 2 aromatic heterocycles. The minimum absolute atomic E-state index is 0.294. The van der Waals surface area contributed by atoms with E-state index in [1.165, 1.54) is 0 Å². The van der Waals surface area contributed by atoms with E-state index in [0.29, 0.717) is 6.54 Å². The molecule has 0 aliphatic rings. The first-order valence-corrected chi connectivity index (χ1v) is 5.85. The average molecular weight is 232 g/mol. The Bertz CT molecular complexity index is 493. The number of aromatic nitrogens is 2. The molecular weight excluding hydrogens is 220 g/mol. The summed E-state index contributed by atoms with van der Waals surface area (Å²) >= 11 is 1.66. The number of nitrogens with zero attached hydrogens (tertiary/aromatic N) is 3. The normalized spacial score (nSPS) is 10.2. The third-order valence-electron chi connectivity index (χ3n) is 2.19. The predicted molar refractivity (Wildman–Crippen MR) is 63.9 cm³/mol. The van der Waals surface area contributed by atoms with Crippen LogP contribution in [0.25, 0.3) is 10.6 Å². The second kappa shape index (κ2) is 4.92. The van der Waals surface area contributed by atoms with Gasteiger partial charge < -0.3 is 5.32 Å². The van der Waals surface area contributed by atoms with Crippen molar-refractivity contribution >= 4 is 11.3 Å². The van der Waals surface area contributed by atoms with Crippen molar-refractivity contribution in [2.24, 2.45) is 0 Å². The van der Waals surface area contributed by atoms with Crippen molar-refractivity contribution in [3.8, 4) is 16.6 Å². The van der Waals surface area contributed by atoms with Gasteiger partial charge >= 0.3 is 0 Å². The van der Waals surface area contributed by atoms with Crippen molar-refractivity contribution in [1.29, 1.82) is 5.26 Å². The van der Waals surface area contributed by atoms with Gasteiger partial charge in [0.2, 0.25) is 0 Å². The fraction of sp³-hybridized carbons (Fsp3) is 0.273. The van der Waals surface area contributed by atoms with Crippen LogP contribution in [-0.2, 0) is 13.1 Å². The van der Waals surface area contributed by atoms with Gasteiger partial charge in [0.25, 0.3) is 0 Å². The maximum atomic E-state index is 8.66. The first kappa shape index (κ1) is 10.9. The summed E-state index contributed by atoms with van der Waals surface area (Å²) in [6.45, 7) is 1.06. The molecule has 2 heterocycles. The molecule has 0 unspecified atom stereocenters. The van der Waals surface area contributed by atoms with E-state index in [0.717, 1.165) is 22.7 Å². The molecule has 16 heavy (non-hydrogen) atoms. The van der Waals surface area contributed by atoms with Gasteiger partial charge in [0.05, 0.1) is 10.9 Å². The van der Waals surface area contributed by atoms with Crippen LogP contribution in [0.3, 0.4) is 0 Å². The molecule has 0 aliphatic heterocycles. The molecule has 0 bridgehead atoms. The summed E-state index contributed by atoms with van der Waals surface area (Å²) < 4.78 is 1.68. The van der Waals surface area contributed by atoms with Crippen LogP contribution in [0.4, 0.5) is 0 Å². The van der Waals surface area contributed by atoms with Crippen molar-refractivity contribution in [3.05, 3.63) is 29.3 Å². The zero-order valence-corrected chi connectivity index (χ0v) is 9.79. The van der Waals surface area contributed by atoms with Gasteiger partial charge in [-0.2, -0.15) is 10.4 Å². The molecule has 4 nitrogen and oxygen atoms in total. The Morgan fingerprint density at radius 2 is 2.50 bits per heavy atom. The summed E-state index contributed by atoms with van der Waals surface area (Å²) in [5, 5.41) is 18.2. The van der Waals surface area contributed by atoms with Crippen LogP contribution in [0.2, 0.25) is 0 Å². The zero-order chi connectivity index (χ0) is 11.4. The molecule has 0 spiro atoms. The second-order valence-corrected chi connectivity index (χ2v) is 4.31. The van der Waals surface area contributed by atoms with E-state index in [1.807, 2.05) is 30.8 Å². The Hall–Kier alpha value is -1.64. The largest absolute Gasteiger partial charge is 0.316 e. The molecule has 1 N–H and O–H groups in total. The Labute approximate surface area is 98.1 Å². The summed E-state index contributed by atoms with van der Waals surface area (Å²) in [6, 6.07) is 6.15. The molecule has 2 aromatic rings. The smallest absolute Gasteiger partial charge is 0.128 e. The van der Waals surface area contributed by atoms with Crippen LogP contribution in [0.5, 0.6) is 0 Å². The van der Waals surface area contributed by atoms with Crippen LogP contribution in [0.15, 0.2) is 23.7 Å². The molecule has 0 saturated carbocycles. The van der Waals surface area contributed by atoms with Crippen molar-refractivity contribution < 1.29 is 0 Å². The quantitative estimate of drug-likeness (QED) is 0.875. The molecule has 5 heteroatoms. The molecular formula is C11H12N4S. The first-order valence-electron chi connectivity index (χ1n) is 4.97. The van der Waals surface area contributed by atoms with Gasteiger partial charge in [0.1, 0.15) is 12.2 Å². The maximum Gasteiger partial charge on any atom is 0.128 e. The highest BCUT2D eigenvalue weighted by molar-refractivity contribution is 7.13. The standard InChI is InChI=1S/C11H12N4S/c1-13-7-9-8-15(5-4-12)14-11(9)10-3-2-6-16-10/h2-3,6,8,13H,5,7H2,1H3. The van der Waals surface area contributed by atoms with E-state index in [2.05, 4.69) is 16.5 Å². The summed E-state index contributed by atoms with van der Waals surface area (Å²) in [6.07, 6.45) is 1.93. The summed E-state index contributed by atoms with van der Waals surface area (Å²) in [5.74, 6) is 0. The van der Waals surface area contributed by atoms with Gasteiger partial charge in [-0.1, -0.05) is 6.07 Å². The minimum atomic E-state index is 0.294. The molecule has 0 saturated heterocycles. The zero-order valence-electron chi connectivity index (χ0n) is 8.97.